The van der Waals surface area contributed by atoms with Gasteiger partial charge in [-0.25, -0.2) is 8.42 Å². The molecule has 0 spiro atoms. The van der Waals surface area contributed by atoms with Gasteiger partial charge in [-0.2, -0.15) is 0 Å². The lowest BCUT2D eigenvalue weighted by atomic mass is 10.00. The molecule has 0 aromatic heterocycles. The molecular weight excluding hydrogens is 402 g/mol. The number of carbonyl (C=O) groups is 2. The van der Waals surface area contributed by atoms with Crippen molar-refractivity contribution in [3.05, 3.63) is 29.3 Å². The minimum absolute atomic E-state index is 0.170. The predicted molar refractivity (Wildman–Crippen MR) is 115 cm³/mol. The Kier molecular flexibility index (Phi) is 6.90. The molecule has 1 saturated carbocycles. The van der Waals surface area contributed by atoms with Crippen LogP contribution in [-0.4, -0.2) is 49.1 Å². The standard InChI is InChI=1S/C23H33NO5S/c1-4-19-9-5-8-14-24(19)21(25)16-29-22(26)23(12-6-7-13-23)30(27,28)20-15-17(2)10-11-18(20)3/h10-11,15,19H,4-9,12-14,16H2,1-3H3. The van der Waals surface area contributed by atoms with Gasteiger partial charge in [0.15, 0.2) is 21.2 Å². The van der Waals surface area contributed by atoms with Crippen molar-refractivity contribution in [2.24, 2.45) is 0 Å². The number of aryl methyl sites for hydroxylation is 2. The van der Waals surface area contributed by atoms with Crippen molar-refractivity contribution < 1.29 is 22.7 Å². The fourth-order valence-corrected chi connectivity index (χ4v) is 7.19. The molecule has 1 heterocycles. The van der Waals surface area contributed by atoms with Crippen LogP contribution in [0.4, 0.5) is 0 Å². The third-order valence-corrected chi connectivity index (χ3v) is 9.30. The molecule has 1 aromatic carbocycles. The summed E-state index contributed by atoms with van der Waals surface area (Å²) in [7, 11) is -3.94. The first-order valence-electron chi connectivity index (χ1n) is 11.0. The Morgan fingerprint density at radius 2 is 1.83 bits per heavy atom. The van der Waals surface area contributed by atoms with Gasteiger partial charge in [0.1, 0.15) is 0 Å². The van der Waals surface area contributed by atoms with E-state index in [1.807, 2.05) is 19.9 Å². The quantitative estimate of drug-likeness (QED) is 0.636. The molecule has 3 rings (SSSR count). The molecule has 7 heteroatoms. The molecule has 1 aromatic rings. The van der Waals surface area contributed by atoms with E-state index in [2.05, 4.69) is 0 Å². The number of esters is 1. The Balaban J connectivity index is 1.81. The highest BCUT2D eigenvalue weighted by molar-refractivity contribution is 7.93. The molecule has 166 valence electrons. The first-order chi connectivity index (χ1) is 14.2. The molecule has 0 N–H and O–H groups in total. The number of piperidine rings is 1. The van der Waals surface area contributed by atoms with Gasteiger partial charge < -0.3 is 9.64 Å². The van der Waals surface area contributed by atoms with Gasteiger partial charge >= 0.3 is 5.97 Å². The summed E-state index contributed by atoms with van der Waals surface area (Å²) in [6.45, 7) is 5.90. The van der Waals surface area contributed by atoms with Crippen molar-refractivity contribution in [2.45, 2.75) is 87.8 Å². The molecule has 1 unspecified atom stereocenters. The van der Waals surface area contributed by atoms with Crippen LogP contribution in [0, 0.1) is 13.8 Å². The average Bonchev–Trinajstić information content (AvgIpc) is 3.25. The first kappa shape index (κ1) is 22.8. The van der Waals surface area contributed by atoms with Gasteiger partial charge in [0.05, 0.1) is 4.90 Å². The number of hydrogen-bond acceptors (Lipinski definition) is 5. The molecule has 6 nitrogen and oxygen atoms in total. The van der Waals surface area contributed by atoms with E-state index >= 15 is 0 Å². The molecule has 1 amide bonds. The van der Waals surface area contributed by atoms with Gasteiger partial charge in [-0.15, -0.1) is 0 Å². The topological polar surface area (TPSA) is 80.8 Å². The fraction of sp³-hybridized carbons (Fsp3) is 0.652. The number of nitrogens with zero attached hydrogens (tertiary/aromatic N) is 1. The van der Waals surface area contributed by atoms with Crippen molar-refractivity contribution in [3.63, 3.8) is 0 Å². The highest BCUT2D eigenvalue weighted by Gasteiger charge is 2.54. The number of rotatable bonds is 6. The summed E-state index contributed by atoms with van der Waals surface area (Å²) < 4.78 is 31.0. The van der Waals surface area contributed by atoms with Gasteiger partial charge in [-0.1, -0.05) is 31.9 Å². The maximum atomic E-state index is 13.6. The van der Waals surface area contributed by atoms with Crippen LogP contribution in [0.2, 0.25) is 0 Å². The second-order valence-electron chi connectivity index (χ2n) is 8.69. The van der Waals surface area contributed by atoms with E-state index in [4.69, 9.17) is 4.74 Å². The second-order valence-corrected chi connectivity index (χ2v) is 10.9. The molecular formula is C23H33NO5S. The van der Waals surface area contributed by atoms with Crippen LogP contribution in [0.3, 0.4) is 0 Å². The van der Waals surface area contributed by atoms with Crippen LogP contribution in [0.15, 0.2) is 23.1 Å². The van der Waals surface area contributed by atoms with Gasteiger partial charge in [0, 0.05) is 12.6 Å². The highest BCUT2D eigenvalue weighted by atomic mass is 32.2. The molecule has 1 aliphatic carbocycles. The number of hydrogen-bond donors (Lipinski definition) is 0. The molecule has 0 bridgehead atoms. The lowest BCUT2D eigenvalue weighted by molar-refractivity contribution is -0.155. The van der Waals surface area contributed by atoms with Crippen molar-refractivity contribution in [2.75, 3.05) is 13.2 Å². The van der Waals surface area contributed by atoms with Gasteiger partial charge in [0.25, 0.3) is 5.91 Å². The van der Waals surface area contributed by atoms with Crippen LogP contribution in [0.1, 0.15) is 69.4 Å². The number of sulfone groups is 1. The van der Waals surface area contributed by atoms with Crippen molar-refractivity contribution in [3.8, 4) is 0 Å². The van der Waals surface area contributed by atoms with Crippen molar-refractivity contribution in [1.29, 1.82) is 0 Å². The van der Waals surface area contributed by atoms with E-state index in [0.717, 1.165) is 31.2 Å². The number of likely N-dealkylation sites (tertiary alicyclic amines) is 1. The van der Waals surface area contributed by atoms with Crippen LogP contribution < -0.4 is 0 Å². The number of carbonyl (C=O) groups excluding carboxylic acids is 2. The van der Waals surface area contributed by atoms with Crippen LogP contribution >= 0.6 is 0 Å². The van der Waals surface area contributed by atoms with Crippen molar-refractivity contribution in [1.82, 2.24) is 4.90 Å². The summed E-state index contributed by atoms with van der Waals surface area (Å²) in [5.41, 5.74) is 1.45. The third kappa shape index (κ3) is 4.13. The number of ether oxygens (including phenoxy) is 1. The monoisotopic (exact) mass is 435 g/mol. The SMILES string of the molecule is CCC1CCCCN1C(=O)COC(=O)C1(S(=O)(=O)c2cc(C)ccc2C)CCCC1. The van der Waals surface area contributed by atoms with E-state index < -0.39 is 20.6 Å². The maximum absolute atomic E-state index is 13.6. The van der Waals surface area contributed by atoms with Gasteiger partial charge in [0.2, 0.25) is 0 Å². The fourth-order valence-electron chi connectivity index (χ4n) is 4.83. The number of amides is 1. The van der Waals surface area contributed by atoms with E-state index in [1.165, 1.54) is 0 Å². The van der Waals surface area contributed by atoms with E-state index in [1.54, 1.807) is 24.0 Å². The zero-order chi connectivity index (χ0) is 21.9. The van der Waals surface area contributed by atoms with E-state index in [-0.39, 0.29) is 36.3 Å². The zero-order valence-electron chi connectivity index (χ0n) is 18.3. The lowest BCUT2D eigenvalue weighted by Gasteiger charge is -2.35. The first-order valence-corrected chi connectivity index (χ1v) is 12.5. The van der Waals surface area contributed by atoms with Crippen LogP contribution in [0.5, 0.6) is 0 Å². The lowest BCUT2D eigenvalue weighted by Crippen LogP contribution is -2.48. The Morgan fingerprint density at radius 1 is 1.13 bits per heavy atom. The molecule has 30 heavy (non-hydrogen) atoms. The Morgan fingerprint density at radius 3 is 2.50 bits per heavy atom. The highest BCUT2D eigenvalue weighted by Crippen LogP contribution is 2.42. The summed E-state index contributed by atoms with van der Waals surface area (Å²) in [4.78, 5) is 27.8. The van der Waals surface area contributed by atoms with Crippen LogP contribution in [-0.2, 0) is 24.2 Å². The maximum Gasteiger partial charge on any atom is 0.328 e. The number of benzene rings is 1. The molecule has 0 radical (unpaired) electrons. The summed E-state index contributed by atoms with van der Waals surface area (Å²) in [5.74, 6) is -1.01. The minimum Gasteiger partial charge on any atom is -0.454 e. The van der Waals surface area contributed by atoms with E-state index in [0.29, 0.717) is 24.9 Å². The van der Waals surface area contributed by atoms with Crippen LogP contribution in [0.25, 0.3) is 0 Å². The van der Waals surface area contributed by atoms with Gasteiger partial charge in [-0.3, -0.25) is 9.59 Å². The molecule has 1 atom stereocenters. The summed E-state index contributed by atoms with van der Waals surface area (Å²) >= 11 is 0. The molecule has 2 aliphatic rings. The Bertz CT molecular complexity index is 902. The predicted octanol–water partition coefficient (Wildman–Crippen LogP) is 3.72. The molecule has 1 saturated heterocycles. The normalized spacial score (nSPS) is 21.4. The Hall–Kier alpha value is -1.89. The summed E-state index contributed by atoms with van der Waals surface area (Å²) in [5, 5.41) is 0. The molecule has 1 aliphatic heterocycles. The zero-order valence-corrected chi connectivity index (χ0v) is 19.1. The molecule has 2 fully saturated rings. The van der Waals surface area contributed by atoms with E-state index in [9.17, 15) is 18.0 Å². The van der Waals surface area contributed by atoms with Gasteiger partial charge in [-0.05, 0) is 69.6 Å². The second kappa shape index (κ2) is 9.08. The third-order valence-electron chi connectivity index (χ3n) is 6.68. The summed E-state index contributed by atoms with van der Waals surface area (Å²) in [6, 6.07) is 5.42. The largest absolute Gasteiger partial charge is 0.454 e. The summed E-state index contributed by atoms with van der Waals surface area (Å²) in [6.07, 6.45) is 5.63. The van der Waals surface area contributed by atoms with Crippen molar-refractivity contribution >= 4 is 21.7 Å². The Labute approximate surface area is 179 Å². The smallest absolute Gasteiger partial charge is 0.328 e. The minimum atomic E-state index is -3.94. The average molecular weight is 436 g/mol.